The molecular formula is C8H12N6. The van der Waals surface area contributed by atoms with Crippen LogP contribution in [-0.2, 0) is 0 Å². The summed E-state index contributed by atoms with van der Waals surface area (Å²) in [5.74, 6) is 0.961. The molecule has 0 aliphatic heterocycles. The smallest absolute Gasteiger partial charge is 0.197 e. The molecule has 0 saturated heterocycles. The van der Waals surface area contributed by atoms with E-state index in [0.717, 1.165) is 11.4 Å². The average molecular weight is 192 g/mol. The summed E-state index contributed by atoms with van der Waals surface area (Å²) in [5.41, 5.74) is 12.8. The maximum atomic E-state index is 5.48. The Labute approximate surface area is 80.8 Å². The highest BCUT2D eigenvalue weighted by molar-refractivity contribution is 5.28. The summed E-state index contributed by atoms with van der Waals surface area (Å²) >= 11 is 0. The van der Waals surface area contributed by atoms with Gasteiger partial charge in [-0.05, 0) is 0 Å². The topological polar surface area (TPSA) is 109 Å². The predicted octanol–water partition coefficient (Wildman–Crippen LogP) is 0.449. The number of hydrogen-bond donors (Lipinski definition) is 4. The molecule has 0 atom stereocenters. The third kappa shape index (κ3) is 1.41. The van der Waals surface area contributed by atoms with Crippen LogP contribution in [0.5, 0.6) is 0 Å². The maximum absolute atomic E-state index is 5.48. The van der Waals surface area contributed by atoms with E-state index in [4.69, 9.17) is 11.5 Å². The van der Waals surface area contributed by atoms with E-state index in [0.29, 0.717) is 11.9 Å². The van der Waals surface area contributed by atoms with Gasteiger partial charge in [0.1, 0.15) is 0 Å². The molecule has 0 aliphatic rings. The van der Waals surface area contributed by atoms with E-state index < -0.39 is 0 Å². The van der Waals surface area contributed by atoms with E-state index in [1.165, 1.54) is 0 Å². The molecule has 0 saturated carbocycles. The van der Waals surface area contributed by atoms with E-state index in [2.05, 4.69) is 19.9 Å². The largest absolute Gasteiger partial charge is 0.369 e. The number of nitrogens with zero attached hydrogens (tertiary/aromatic N) is 2. The Bertz CT molecular complexity index is 388. The lowest BCUT2D eigenvalue weighted by Crippen LogP contribution is -1.98. The monoisotopic (exact) mass is 192 g/mol. The number of nitrogens with one attached hydrogen (secondary N) is 2. The van der Waals surface area contributed by atoms with Crippen molar-refractivity contribution in [3.8, 4) is 0 Å². The second-order valence-electron chi connectivity index (χ2n) is 3.17. The Balaban J connectivity index is 2.28. The van der Waals surface area contributed by atoms with Gasteiger partial charge >= 0.3 is 0 Å². The van der Waals surface area contributed by atoms with Crippen LogP contribution in [0.2, 0.25) is 0 Å². The number of H-pyrrole nitrogens is 2. The van der Waals surface area contributed by atoms with Crippen LogP contribution in [0.3, 0.4) is 0 Å². The Kier molecular flexibility index (Phi) is 1.88. The molecule has 0 fully saturated rings. The summed E-state index contributed by atoms with van der Waals surface area (Å²) in [6.45, 7) is 2.01. The van der Waals surface area contributed by atoms with Crippen molar-refractivity contribution in [1.82, 2.24) is 19.9 Å². The molecule has 0 spiro atoms. The lowest BCUT2D eigenvalue weighted by molar-refractivity contribution is 0.853. The van der Waals surface area contributed by atoms with Gasteiger partial charge < -0.3 is 21.4 Å². The van der Waals surface area contributed by atoms with Crippen LogP contribution in [0.4, 0.5) is 11.9 Å². The molecule has 6 heteroatoms. The molecule has 0 aromatic carbocycles. The Morgan fingerprint density at radius 1 is 1.07 bits per heavy atom. The molecule has 2 aromatic heterocycles. The Hall–Kier alpha value is -1.98. The number of aromatic nitrogens is 4. The van der Waals surface area contributed by atoms with Gasteiger partial charge in [-0.2, -0.15) is 0 Å². The first-order valence-corrected chi connectivity index (χ1v) is 4.27. The summed E-state index contributed by atoms with van der Waals surface area (Å²) in [6.07, 6.45) is 3.41. The third-order valence-corrected chi connectivity index (χ3v) is 2.16. The molecular weight excluding hydrogens is 180 g/mol. The molecule has 14 heavy (non-hydrogen) atoms. The zero-order valence-corrected chi connectivity index (χ0v) is 7.78. The van der Waals surface area contributed by atoms with Crippen LogP contribution >= 0.6 is 0 Å². The summed E-state index contributed by atoms with van der Waals surface area (Å²) in [5, 5.41) is 0. The molecule has 2 heterocycles. The Morgan fingerprint density at radius 3 is 1.79 bits per heavy atom. The van der Waals surface area contributed by atoms with Gasteiger partial charge in [0.25, 0.3) is 0 Å². The minimum Gasteiger partial charge on any atom is -0.369 e. The first-order chi connectivity index (χ1) is 6.66. The minimum atomic E-state index is 0.129. The molecule has 2 aromatic rings. The molecule has 6 N–H and O–H groups in total. The summed E-state index contributed by atoms with van der Waals surface area (Å²) in [6, 6.07) is 0. The molecule has 0 amide bonds. The highest BCUT2D eigenvalue weighted by atomic mass is 15.0. The number of anilines is 2. The fourth-order valence-electron chi connectivity index (χ4n) is 1.31. The van der Waals surface area contributed by atoms with Crippen molar-refractivity contribution in [3.63, 3.8) is 0 Å². The highest BCUT2D eigenvalue weighted by Crippen LogP contribution is 2.21. The predicted molar refractivity (Wildman–Crippen MR) is 53.5 cm³/mol. The number of rotatable bonds is 2. The third-order valence-electron chi connectivity index (χ3n) is 2.16. The number of hydrogen-bond acceptors (Lipinski definition) is 4. The van der Waals surface area contributed by atoms with Crippen molar-refractivity contribution in [2.24, 2.45) is 0 Å². The molecule has 0 radical (unpaired) electrons. The van der Waals surface area contributed by atoms with E-state index in [1.807, 2.05) is 6.92 Å². The van der Waals surface area contributed by atoms with Crippen molar-refractivity contribution >= 4 is 11.9 Å². The summed E-state index contributed by atoms with van der Waals surface area (Å²) in [7, 11) is 0. The summed E-state index contributed by atoms with van der Waals surface area (Å²) < 4.78 is 0. The van der Waals surface area contributed by atoms with Crippen molar-refractivity contribution < 1.29 is 0 Å². The van der Waals surface area contributed by atoms with E-state index in [1.54, 1.807) is 12.4 Å². The molecule has 2 rings (SSSR count). The van der Waals surface area contributed by atoms with Gasteiger partial charge in [-0.15, -0.1) is 0 Å². The highest BCUT2D eigenvalue weighted by Gasteiger charge is 2.12. The van der Waals surface area contributed by atoms with E-state index >= 15 is 0 Å². The van der Waals surface area contributed by atoms with Crippen LogP contribution in [0.25, 0.3) is 0 Å². The maximum Gasteiger partial charge on any atom is 0.197 e. The van der Waals surface area contributed by atoms with Gasteiger partial charge in [0.05, 0.1) is 12.4 Å². The number of nitrogens with two attached hydrogens (primary N) is 2. The number of nitrogen functional groups attached to an aromatic ring is 2. The Morgan fingerprint density at radius 2 is 1.50 bits per heavy atom. The van der Waals surface area contributed by atoms with Crippen molar-refractivity contribution in [2.45, 2.75) is 12.8 Å². The van der Waals surface area contributed by atoms with Crippen LogP contribution in [0.1, 0.15) is 24.2 Å². The summed E-state index contributed by atoms with van der Waals surface area (Å²) in [4.78, 5) is 13.8. The van der Waals surface area contributed by atoms with Gasteiger partial charge in [0, 0.05) is 17.3 Å². The standard InChI is InChI=1S/C8H12N6/c1-4(5-2-11-7(9)13-5)6-3-12-8(10)14-6/h2-4H,1H3,(H3,9,11,13)(H3,10,12,14). The molecule has 74 valence electrons. The van der Waals surface area contributed by atoms with Crippen molar-refractivity contribution in [1.29, 1.82) is 0 Å². The molecule has 6 nitrogen and oxygen atoms in total. The number of aromatic amines is 2. The molecule has 0 aliphatic carbocycles. The zero-order chi connectivity index (χ0) is 10.1. The first-order valence-electron chi connectivity index (χ1n) is 4.27. The fourth-order valence-corrected chi connectivity index (χ4v) is 1.31. The lowest BCUT2D eigenvalue weighted by atomic mass is 10.1. The normalized spacial score (nSPS) is 11.0. The first kappa shape index (κ1) is 8.61. The van der Waals surface area contributed by atoms with Crippen LogP contribution < -0.4 is 11.5 Å². The van der Waals surface area contributed by atoms with Gasteiger partial charge in [0.15, 0.2) is 11.9 Å². The van der Waals surface area contributed by atoms with Gasteiger partial charge in [0.2, 0.25) is 0 Å². The van der Waals surface area contributed by atoms with Crippen LogP contribution in [0, 0.1) is 0 Å². The van der Waals surface area contributed by atoms with Gasteiger partial charge in [-0.1, -0.05) is 6.92 Å². The zero-order valence-electron chi connectivity index (χ0n) is 7.78. The minimum absolute atomic E-state index is 0.129. The lowest BCUT2D eigenvalue weighted by Gasteiger charge is -2.05. The SMILES string of the molecule is CC(c1cnc(N)[nH]1)c1cnc(N)[nH]1. The number of imidazole rings is 2. The second kappa shape index (κ2) is 3.06. The average Bonchev–Trinajstić information content (AvgIpc) is 2.73. The van der Waals surface area contributed by atoms with Crippen LogP contribution in [-0.4, -0.2) is 19.9 Å². The fraction of sp³-hybridized carbons (Fsp3) is 0.250. The van der Waals surface area contributed by atoms with Crippen molar-refractivity contribution in [2.75, 3.05) is 11.5 Å². The van der Waals surface area contributed by atoms with Crippen LogP contribution in [0.15, 0.2) is 12.4 Å². The van der Waals surface area contributed by atoms with Gasteiger partial charge in [-0.3, -0.25) is 0 Å². The second-order valence-corrected chi connectivity index (χ2v) is 3.17. The molecule has 0 unspecified atom stereocenters. The van der Waals surface area contributed by atoms with Gasteiger partial charge in [-0.25, -0.2) is 9.97 Å². The quantitative estimate of drug-likeness (QED) is 0.553. The van der Waals surface area contributed by atoms with Crippen molar-refractivity contribution in [3.05, 3.63) is 23.8 Å². The van der Waals surface area contributed by atoms with E-state index in [-0.39, 0.29) is 5.92 Å². The molecule has 0 bridgehead atoms. The van der Waals surface area contributed by atoms with E-state index in [9.17, 15) is 0 Å².